The molecule has 2 heterocycles. The molecule has 0 radical (unpaired) electrons. The number of nitrogens with two attached hydrogens (primary N) is 1. The Morgan fingerprint density at radius 2 is 2.00 bits per heavy atom. The lowest BCUT2D eigenvalue weighted by atomic mass is 9.76. The van der Waals surface area contributed by atoms with Crippen molar-refractivity contribution in [3.63, 3.8) is 0 Å². The van der Waals surface area contributed by atoms with Crippen molar-refractivity contribution in [2.75, 3.05) is 52.2 Å². The van der Waals surface area contributed by atoms with Crippen LogP contribution in [-0.4, -0.2) is 74.2 Å². The van der Waals surface area contributed by atoms with Crippen molar-refractivity contribution in [1.82, 2.24) is 20.5 Å². The summed E-state index contributed by atoms with van der Waals surface area (Å²) in [6.07, 6.45) is 5.68. The molecule has 0 spiro atoms. The maximum Gasteiger partial charge on any atom is 0.314 e. The summed E-state index contributed by atoms with van der Waals surface area (Å²) in [6, 6.07) is 9.19. The zero-order chi connectivity index (χ0) is 30.0. The molecule has 2 bridgehead atoms. The van der Waals surface area contributed by atoms with Crippen LogP contribution in [0.5, 0.6) is 11.5 Å². The Hall–Kier alpha value is -3.86. The van der Waals surface area contributed by atoms with Crippen LogP contribution in [0.3, 0.4) is 0 Å². The number of nitrogen functional groups attached to an aromatic ring is 1. The van der Waals surface area contributed by atoms with Gasteiger partial charge in [-0.05, 0) is 74.0 Å². The van der Waals surface area contributed by atoms with Crippen LogP contribution in [0.2, 0.25) is 0 Å². The number of benzene rings is 1. The molecule has 4 rings (SSSR count). The summed E-state index contributed by atoms with van der Waals surface area (Å²) < 4.78 is 16.9. The van der Waals surface area contributed by atoms with Crippen LogP contribution in [0.15, 0.2) is 36.5 Å². The number of fused-ring (bicyclic) bond motifs is 2. The van der Waals surface area contributed by atoms with Crippen molar-refractivity contribution in [3.8, 4) is 11.5 Å². The molecule has 2 aromatic rings. The molecule has 2 aliphatic rings. The summed E-state index contributed by atoms with van der Waals surface area (Å²) in [7, 11) is 1.54. The second-order valence-electron chi connectivity index (χ2n) is 11.2. The summed E-state index contributed by atoms with van der Waals surface area (Å²) in [6.45, 7) is 4.26. The van der Waals surface area contributed by atoms with E-state index in [0.717, 1.165) is 24.0 Å². The molecule has 1 aromatic carbocycles. The van der Waals surface area contributed by atoms with Gasteiger partial charge in [-0.25, -0.2) is 4.98 Å². The van der Waals surface area contributed by atoms with Gasteiger partial charge in [0.2, 0.25) is 5.91 Å². The largest absolute Gasteiger partial charge is 0.493 e. The molecule has 1 fully saturated rings. The Kier molecular flexibility index (Phi) is 11.0. The van der Waals surface area contributed by atoms with Crippen molar-refractivity contribution in [2.45, 2.75) is 52.0 Å². The summed E-state index contributed by atoms with van der Waals surface area (Å²) in [5, 5.41) is 5.98. The molecule has 1 saturated carbocycles. The normalized spacial score (nSPS) is 21.2. The van der Waals surface area contributed by atoms with Gasteiger partial charge >= 0.3 is 5.97 Å². The van der Waals surface area contributed by atoms with E-state index in [1.807, 2.05) is 18.2 Å². The molecule has 4 N–H and O–H groups in total. The van der Waals surface area contributed by atoms with Gasteiger partial charge < -0.3 is 30.6 Å². The minimum Gasteiger partial charge on any atom is -0.493 e. The van der Waals surface area contributed by atoms with Gasteiger partial charge in [0.25, 0.3) is 5.91 Å². The van der Waals surface area contributed by atoms with Gasteiger partial charge in [0.05, 0.1) is 19.1 Å². The number of pyridine rings is 1. The molecule has 11 heteroatoms. The monoisotopic (exact) mass is 581 g/mol. The van der Waals surface area contributed by atoms with Crippen molar-refractivity contribution in [3.05, 3.63) is 47.7 Å². The summed E-state index contributed by atoms with van der Waals surface area (Å²) in [5.74, 6) is 1.07. The highest BCUT2D eigenvalue weighted by atomic mass is 16.5. The average Bonchev–Trinajstić information content (AvgIpc) is 3.78. The molecule has 1 aliphatic heterocycles. The number of ether oxygens (including phenoxy) is 3. The maximum atomic E-state index is 13.5. The first-order chi connectivity index (χ1) is 20.3. The Bertz CT molecular complexity index is 1240. The van der Waals surface area contributed by atoms with Crippen molar-refractivity contribution < 1.29 is 28.6 Å². The number of hydrogen-bond donors (Lipinski definition) is 3. The number of hydrogen-bond acceptors (Lipinski definition) is 9. The molecule has 1 aliphatic carbocycles. The first-order valence-electron chi connectivity index (χ1n) is 14.7. The first kappa shape index (κ1) is 31.1. The van der Waals surface area contributed by atoms with Crippen LogP contribution < -0.4 is 25.8 Å². The van der Waals surface area contributed by atoms with E-state index in [-0.39, 0.29) is 37.5 Å². The maximum absolute atomic E-state index is 13.5. The highest BCUT2D eigenvalue weighted by Crippen LogP contribution is 2.43. The zero-order valence-electron chi connectivity index (χ0n) is 24.7. The Morgan fingerprint density at radius 3 is 2.74 bits per heavy atom. The van der Waals surface area contributed by atoms with Crippen LogP contribution >= 0.6 is 0 Å². The fourth-order valence-electron chi connectivity index (χ4n) is 5.42. The number of nitrogens with zero attached hydrogens (tertiary/aromatic N) is 2. The standard InChI is InChI=1S/C31H43N5O6/c1-3-41-30(39)31(17-22-6-7-22)18-23-8-9-25(40-2)26(15-23)42-20-29(38)34-12-14-36(13-4-5-28(37)35-21-31)19-24-10-11-33-27(32)16-24/h8-11,15-16,22H,3-7,12-14,17-21H2,1-2H3,(H2,32,33)(H,34,38)(H,35,37). The highest BCUT2D eigenvalue weighted by Gasteiger charge is 2.44. The number of nitrogens with one attached hydrogen (secondary N) is 2. The van der Waals surface area contributed by atoms with Crippen LogP contribution in [0.25, 0.3) is 0 Å². The third-order valence-electron chi connectivity index (χ3n) is 7.72. The van der Waals surface area contributed by atoms with Crippen LogP contribution in [-0.2, 0) is 32.1 Å². The van der Waals surface area contributed by atoms with Gasteiger partial charge in [-0.3, -0.25) is 19.3 Å². The van der Waals surface area contributed by atoms with Gasteiger partial charge in [0, 0.05) is 38.8 Å². The van der Waals surface area contributed by atoms with Crippen LogP contribution in [0.1, 0.15) is 50.2 Å². The van der Waals surface area contributed by atoms with E-state index in [0.29, 0.717) is 75.1 Å². The quantitative estimate of drug-likeness (QED) is 0.420. The number of rotatable bonds is 7. The van der Waals surface area contributed by atoms with Gasteiger partial charge in [0.1, 0.15) is 5.82 Å². The van der Waals surface area contributed by atoms with Gasteiger partial charge in [-0.1, -0.05) is 18.9 Å². The number of aromatic nitrogens is 1. The molecule has 228 valence electrons. The molecule has 1 unspecified atom stereocenters. The van der Waals surface area contributed by atoms with Crippen molar-refractivity contribution in [2.24, 2.45) is 11.3 Å². The molecular formula is C31H43N5O6. The molecule has 1 atom stereocenters. The van der Waals surface area contributed by atoms with E-state index in [1.54, 1.807) is 25.3 Å². The lowest BCUT2D eigenvalue weighted by molar-refractivity contribution is -0.156. The molecule has 42 heavy (non-hydrogen) atoms. The van der Waals surface area contributed by atoms with E-state index in [9.17, 15) is 14.4 Å². The highest BCUT2D eigenvalue weighted by molar-refractivity contribution is 5.80. The zero-order valence-corrected chi connectivity index (χ0v) is 24.7. The Morgan fingerprint density at radius 1 is 1.17 bits per heavy atom. The van der Waals surface area contributed by atoms with E-state index in [2.05, 4.69) is 20.5 Å². The third kappa shape index (κ3) is 9.07. The molecule has 2 amide bonds. The number of esters is 1. The van der Waals surface area contributed by atoms with Gasteiger partial charge in [-0.2, -0.15) is 0 Å². The van der Waals surface area contributed by atoms with Gasteiger partial charge in [0.15, 0.2) is 18.1 Å². The molecular weight excluding hydrogens is 538 g/mol. The second-order valence-corrected chi connectivity index (χ2v) is 11.2. The average molecular weight is 582 g/mol. The van der Waals surface area contributed by atoms with E-state index >= 15 is 0 Å². The Labute approximate surface area is 247 Å². The fourth-order valence-corrected chi connectivity index (χ4v) is 5.42. The SMILES string of the molecule is CCOC(=O)C1(CC2CC2)CNC(=O)CCCN(Cc2ccnc(N)c2)CCNC(=O)COc2cc(ccc2OC)C1. The predicted molar refractivity (Wildman–Crippen MR) is 158 cm³/mol. The number of anilines is 1. The lowest BCUT2D eigenvalue weighted by Crippen LogP contribution is -2.46. The number of carbonyl (C=O) groups excluding carboxylic acids is 3. The first-order valence-corrected chi connectivity index (χ1v) is 14.7. The second kappa shape index (κ2) is 14.9. The number of carbonyl (C=O) groups is 3. The van der Waals surface area contributed by atoms with E-state index in [4.69, 9.17) is 19.9 Å². The smallest absolute Gasteiger partial charge is 0.314 e. The third-order valence-corrected chi connectivity index (χ3v) is 7.72. The number of amides is 2. The van der Waals surface area contributed by atoms with Crippen LogP contribution in [0, 0.1) is 11.3 Å². The number of methoxy groups -OCH3 is 1. The summed E-state index contributed by atoms with van der Waals surface area (Å²) in [5.41, 5.74) is 6.78. The summed E-state index contributed by atoms with van der Waals surface area (Å²) >= 11 is 0. The topological polar surface area (TPSA) is 145 Å². The minimum atomic E-state index is -0.922. The fraction of sp³-hybridized carbons (Fsp3) is 0.548. The van der Waals surface area contributed by atoms with E-state index < -0.39 is 5.41 Å². The predicted octanol–water partition coefficient (Wildman–Crippen LogP) is 2.47. The lowest BCUT2D eigenvalue weighted by Gasteiger charge is -2.32. The summed E-state index contributed by atoms with van der Waals surface area (Å²) in [4.78, 5) is 45.5. The van der Waals surface area contributed by atoms with Crippen LogP contribution in [0.4, 0.5) is 5.82 Å². The molecule has 1 aromatic heterocycles. The van der Waals surface area contributed by atoms with Gasteiger partial charge in [-0.15, -0.1) is 0 Å². The molecule has 0 saturated heterocycles. The van der Waals surface area contributed by atoms with Crippen molar-refractivity contribution >= 4 is 23.6 Å². The van der Waals surface area contributed by atoms with Crippen molar-refractivity contribution in [1.29, 1.82) is 0 Å². The Balaban J connectivity index is 1.58. The van der Waals surface area contributed by atoms with E-state index in [1.165, 1.54) is 7.11 Å². The molecule has 11 nitrogen and oxygen atoms in total. The minimum absolute atomic E-state index is 0.110.